The molecule has 5 heteroatoms. The summed E-state index contributed by atoms with van der Waals surface area (Å²) in [5, 5.41) is 5.41. The van der Waals surface area contributed by atoms with E-state index in [2.05, 4.69) is 10.6 Å². The molecule has 0 unspecified atom stereocenters. The molecule has 1 rings (SSSR count). The number of carbonyl (C=O) groups is 1. The number of ether oxygens (including phenoxy) is 2. The second-order valence-electron chi connectivity index (χ2n) is 3.51. The number of anilines is 1. The number of carbonyl (C=O) groups excluding carboxylic acids is 1. The van der Waals surface area contributed by atoms with Crippen molar-refractivity contribution in [3.8, 4) is 11.5 Å². The van der Waals surface area contributed by atoms with Gasteiger partial charge in [-0.2, -0.15) is 0 Å². The smallest absolute Gasteiger partial charge is 0.319 e. The van der Waals surface area contributed by atoms with Gasteiger partial charge in [-0.1, -0.05) is 0 Å². The molecule has 0 aliphatic rings. The van der Waals surface area contributed by atoms with Crippen LogP contribution in [0.1, 0.15) is 20.8 Å². The fourth-order valence-corrected chi connectivity index (χ4v) is 1.47. The fourth-order valence-electron chi connectivity index (χ4n) is 1.47. The zero-order valence-corrected chi connectivity index (χ0v) is 11.1. The number of urea groups is 1. The van der Waals surface area contributed by atoms with Crippen LogP contribution in [0.15, 0.2) is 18.2 Å². The molecule has 18 heavy (non-hydrogen) atoms. The van der Waals surface area contributed by atoms with Crippen molar-refractivity contribution in [1.82, 2.24) is 5.32 Å². The zero-order chi connectivity index (χ0) is 13.4. The molecule has 1 aromatic rings. The second kappa shape index (κ2) is 7.42. The minimum Gasteiger partial charge on any atom is -0.494 e. The van der Waals surface area contributed by atoms with Crippen molar-refractivity contribution in [2.75, 3.05) is 25.1 Å². The van der Waals surface area contributed by atoms with Crippen LogP contribution < -0.4 is 20.1 Å². The normalized spacial score (nSPS) is 9.72. The van der Waals surface area contributed by atoms with E-state index < -0.39 is 0 Å². The van der Waals surface area contributed by atoms with Gasteiger partial charge in [0.15, 0.2) is 0 Å². The molecule has 100 valence electrons. The summed E-state index contributed by atoms with van der Waals surface area (Å²) in [5.41, 5.74) is 0.605. The van der Waals surface area contributed by atoms with Gasteiger partial charge in [0.25, 0.3) is 0 Å². The minimum absolute atomic E-state index is 0.257. The van der Waals surface area contributed by atoms with Crippen LogP contribution in [0, 0.1) is 0 Å². The first-order chi connectivity index (χ1) is 8.71. The lowest BCUT2D eigenvalue weighted by Gasteiger charge is -2.13. The Labute approximate surface area is 107 Å². The van der Waals surface area contributed by atoms with Gasteiger partial charge in [0, 0.05) is 12.6 Å². The number of benzene rings is 1. The maximum absolute atomic E-state index is 11.5. The highest BCUT2D eigenvalue weighted by Gasteiger charge is 2.08. The van der Waals surface area contributed by atoms with E-state index in [0.29, 0.717) is 36.9 Å². The van der Waals surface area contributed by atoms with Crippen LogP contribution in [-0.2, 0) is 0 Å². The average Bonchev–Trinajstić information content (AvgIpc) is 2.33. The van der Waals surface area contributed by atoms with Crippen LogP contribution in [0.25, 0.3) is 0 Å². The zero-order valence-electron chi connectivity index (χ0n) is 11.1. The van der Waals surface area contributed by atoms with Gasteiger partial charge < -0.3 is 20.1 Å². The van der Waals surface area contributed by atoms with Crippen LogP contribution in [0.3, 0.4) is 0 Å². The summed E-state index contributed by atoms with van der Waals surface area (Å²) in [6.45, 7) is 7.35. The van der Waals surface area contributed by atoms with Crippen LogP contribution in [0.2, 0.25) is 0 Å². The lowest BCUT2D eigenvalue weighted by Crippen LogP contribution is -2.28. The second-order valence-corrected chi connectivity index (χ2v) is 3.51. The van der Waals surface area contributed by atoms with Crippen LogP contribution in [-0.4, -0.2) is 25.8 Å². The number of hydrogen-bond acceptors (Lipinski definition) is 3. The summed E-state index contributed by atoms with van der Waals surface area (Å²) in [5.74, 6) is 1.33. The quantitative estimate of drug-likeness (QED) is 0.818. The third-order valence-electron chi connectivity index (χ3n) is 2.15. The molecule has 0 bridgehead atoms. The first-order valence-corrected chi connectivity index (χ1v) is 6.15. The fraction of sp³-hybridized carbons (Fsp3) is 0.462. The molecular weight excluding hydrogens is 232 g/mol. The summed E-state index contributed by atoms with van der Waals surface area (Å²) >= 11 is 0. The van der Waals surface area contributed by atoms with Gasteiger partial charge in [0.1, 0.15) is 11.5 Å². The Kier molecular flexibility index (Phi) is 5.84. The summed E-state index contributed by atoms with van der Waals surface area (Å²) in [7, 11) is 0. The van der Waals surface area contributed by atoms with Crippen molar-refractivity contribution >= 4 is 11.7 Å². The number of amides is 2. The molecule has 2 N–H and O–H groups in total. The summed E-state index contributed by atoms with van der Waals surface area (Å²) in [6.07, 6.45) is 0. The molecule has 5 nitrogen and oxygen atoms in total. The van der Waals surface area contributed by atoms with Gasteiger partial charge in [0.2, 0.25) is 0 Å². The minimum atomic E-state index is -0.257. The molecular formula is C13H20N2O3. The lowest BCUT2D eigenvalue weighted by atomic mass is 10.2. The standard InChI is InChI=1S/C13H20N2O3/c1-4-14-13(16)15-11-9-10(17-5-2)7-8-12(11)18-6-3/h7-9H,4-6H2,1-3H3,(H2,14,15,16). The highest BCUT2D eigenvalue weighted by molar-refractivity contribution is 5.91. The van der Waals surface area contributed by atoms with Crippen molar-refractivity contribution in [2.45, 2.75) is 20.8 Å². The first-order valence-electron chi connectivity index (χ1n) is 6.15. The average molecular weight is 252 g/mol. The number of rotatable bonds is 6. The molecule has 0 radical (unpaired) electrons. The Hall–Kier alpha value is -1.91. The Bertz CT molecular complexity index is 394. The molecule has 0 atom stereocenters. The van der Waals surface area contributed by atoms with E-state index in [1.807, 2.05) is 26.8 Å². The predicted molar refractivity (Wildman–Crippen MR) is 71.5 cm³/mol. The molecule has 0 saturated heterocycles. The van der Waals surface area contributed by atoms with E-state index in [1.54, 1.807) is 12.1 Å². The Morgan fingerprint density at radius 2 is 1.89 bits per heavy atom. The molecule has 0 aromatic heterocycles. The predicted octanol–water partition coefficient (Wildman–Crippen LogP) is 2.63. The summed E-state index contributed by atoms with van der Waals surface area (Å²) < 4.78 is 10.8. The Morgan fingerprint density at radius 1 is 1.17 bits per heavy atom. The largest absolute Gasteiger partial charge is 0.494 e. The van der Waals surface area contributed by atoms with Gasteiger partial charge in [-0.05, 0) is 32.9 Å². The van der Waals surface area contributed by atoms with E-state index in [-0.39, 0.29) is 6.03 Å². The Balaban J connectivity index is 2.88. The number of nitrogens with one attached hydrogen (secondary N) is 2. The van der Waals surface area contributed by atoms with Crippen molar-refractivity contribution in [1.29, 1.82) is 0 Å². The topological polar surface area (TPSA) is 59.6 Å². The van der Waals surface area contributed by atoms with Crippen LogP contribution >= 0.6 is 0 Å². The maximum Gasteiger partial charge on any atom is 0.319 e. The van der Waals surface area contributed by atoms with Gasteiger partial charge in [-0.3, -0.25) is 0 Å². The molecule has 0 fully saturated rings. The third kappa shape index (κ3) is 4.16. The third-order valence-corrected chi connectivity index (χ3v) is 2.15. The van der Waals surface area contributed by atoms with Gasteiger partial charge in [-0.25, -0.2) is 4.79 Å². The maximum atomic E-state index is 11.5. The molecule has 0 aliphatic heterocycles. The summed E-state index contributed by atoms with van der Waals surface area (Å²) in [6, 6.07) is 5.10. The molecule has 0 saturated carbocycles. The monoisotopic (exact) mass is 252 g/mol. The summed E-state index contributed by atoms with van der Waals surface area (Å²) in [4.78, 5) is 11.5. The molecule has 0 aliphatic carbocycles. The molecule has 1 aromatic carbocycles. The van der Waals surface area contributed by atoms with E-state index in [4.69, 9.17) is 9.47 Å². The van der Waals surface area contributed by atoms with E-state index in [9.17, 15) is 4.79 Å². The van der Waals surface area contributed by atoms with Gasteiger partial charge in [-0.15, -0.1) is 0 Å². The molecule has 0 heterocycles. The van der Waals surface area contributed by atoms with E-state index in [1.165, 1.54) is 0 Å². The number of hydrogen-bond donors (Lipinski definition) is 2. The SMILES string of the molecule is CCNC(=O)Nc1cc(OCC)ccc1OCC. The van der Waals surface area contributed by atoms with Gasteiger partial charge >= 0.3 is 6.03 Å². The molecule has 0 spiro atoms. The van der Waals surface area contributed by atoms with Crippen LogP contribution in [0.4, 0.5) is 10.5 Å². The highest BCUT2D eigenvalue weighted by Crippen LogP contribution is 2.29. The van der Waals surface area contributed by atoms with Crippen molar-refractivity contribution in [2.24, 2.45) is 0 Å². The van der Waals surface area contributed by atoms with Crippen molar-refractivity contribution in [3.05, 3.63) is 18.2 Å². The van der Waals surface area contributed by atoms with E-state index in [0.717, 1.165) is 0 Å². The van der Waals surface area contributed by atoms with Crippen LogP contribution in [0.5, 0.6) is 11.5 Å². The van der Waals surface area contributed by atoms with E-state index >= 15 is 0 Å². The Morgan fingerprint density at radius 3 is 2.50 bits per heavy atom. The first kappa shape index (κ1) is 14.2. The van der Waals surface area contributed by atoms with Gasteiger partial charge in [0.05, 0.1) is 18.9 Å². The molecule has 2 amide bonds. The lowest BCUT2D eigenvalue weighted by molar-refractivity contribution is 0.252. The highest BCUT2D eigenvalue weighted by atomic mass is 16.5. The van der Waals surface area contributed by atoms with Crippen molar-refractivity contribution in [3.63, 3.8) is 0 Å². The van der Waals surface area contributed by atoms with Crippen molar-refractivity contribution < 1.29 is 14.3 Å².